The van der Waals surface area contributed by atoms with Crippen molar-refractivity contribution in [3.63, 3.8) is 0 Å². The van der Waals surface area contributed by atoms with Gasteiger partial charge in [0.25, 0.3) is 0 Å². The van der Waals surface area contributed by atoms with Crippen molar-refractivity contribution in [2.24, 2.45) is 10.1 Å². The average molecular weight is 458 g/mol. The van der Waals surface area contributed by atoms with Gasteiger partial charge in [0.1, 0.15) is 0 Å². The third kappa shape index (κ3) is 4.88. The van der Waals surface area contributed by atoms with Crippen molar-refractivity contribution >= 4 is 17.6 Å². The molecule has 170 valence electrons. The number of aromatic nitrogens is 1. The van der Waals surface area contributed by atoms with Gasteiger partial charge in [-0.2, -0.15) is 5.10 Å². The molecule has 0 fully saturated rings. The van der Waals surface area contributed by atoms with Crippen molar-refractivity contribution in [1.29, 1.82) is 0 Å². The first-order valence-corrected chi connectivity index (χ1v) is 10.8. The molecule has 0 saturated carbocycles. The van der Waals surface area contributed by atoms with Crippen LogP contribution in [0.15, 0.2) is 45.8 Å². The highest BCUT2D eigenvalue weighted by Gasteiger charge is 2.17. The number of benzene rings is 2. The molecule has 0 aliphatic heterocycles. The van der Waals surface area contributed by atoms with E-state index in [2.05, 4.69) is 5.10 Å². The van der Waals surface area contributed by atoms with Crippen molar-refractivity contribution in [3.05, 3.63) is 46.1 Å². The van der Waals surface area contributed by atoms with Gasteiger partial charge in [-0.25, -0.2) is 4.68 Å². The van der Waals surface area contributed by atoms with E-state index in [1.54, 1.807) is 50.4 Å². The fraction of sp³-hybridized carbons (Fsp3) is 0.304. The molecule has 3 rings (SSSR count). The van der Waals surface area contributed by atoms with Gasteiger partial charge in [0.05, 0.1) is 40.3 Å². The van der Waals surface area contributed by atoms with Gasteiger partial charge < -0.3 is 24.1 Å². The second-order valence-electron chi connectivity index (χ2n) is 7.03. The highest BCUT2D eigenvalue weighted by atomic mass is 32.1. The van der Waals surface area contributed by atoms with E-state index in [0.29, 0.717) is 23.0 Å². The lowest BCUT2D eigenvalue weighted by Gasteiger charge is -2.14. The predicted molar refractivity (Wildman–Crippen MR) is 126 cm³/mol. The fourth-order valence-corrected chi connectivity index (χ4v) is 4.02. The summed E-state index contributed by atoms with van der Waals surface area (Å²) in [5, 5.41) is 16.5. The summed E-state index contributed by atoms with van der Waals surface area (Å²) in [6, 6.07) is 8.88. The van der Waals surface area contributed by atoms with Crippen LogP contribution in [0.3, 0.4) is 0 Å². The number of hydrogen-bond donors (Lipinski definition) is 1. The van der Waals surface area contributed by atoms with E-state index in [4.69, 9.17) is 23.9 Å². The molecule has 0 saturated heterocycles. The van der Waals surface area contributed by atoms with Gasteiger partial charge in [0, 0.05) is 17.0 Å². The molecule has 1 N–H and O–H groups in total. The molecule has 0 unspecified atom stereocenters. The minimum Gasteiger partial charge on any atom is -0.504 e. The largest absolute Gasteiger partial charge is 0.504 e. The summed E-state index contributed by atoms with van der Waals surface area (Å²) in [7, 11) is 6.24. The van der Waals surface area contributed by atoms with E-state index in [1.807, 2.05) is 31.4 Å². The number of methoxy groups -OCH3 is 4. The molecule has 0 spiro atoms. The monoisotopic (exact) mass is 457 g/mol. The number of ether oxygens (including phenoxy) is 4. The topological polar surface area (TPSA) is 86.8 Å². The summed E-state index contributed by atoms with van der Waals surface area (Å²) >= 11 is 1.49. The summed E-state index contributed by atoms with van der Waals surface area (Å²) in [6.07, 6.45) is 1.69. The lowest BCUT2D eigenvalue weighted by atomic mass is 10.1. The van der Waals surface area contributed by atoms with Crippen LogP contribution in [-0.2, 0) is 0 Å². The number of phenols is 1. The molecule has 3 aromatic rings. The Labute approximate surface area is 191 Å². The molecule has 8 nitrogen and oxygen atoms in total. The molecular formula is C23H27N3O5S. The van der Waals surface area contributed by atoms with E-state index in [0.717, 1.165) is 21.6 Å². The highest BCUT2D eigenvalue weighted by Crippen LogP contribution is 2.41. The van der Waals surface area contributed by atoms with Crippen LogP contribution in [0.4, 0.5) is 0 Å². The minimum atomic E-state index is 0.0708. The molecule has 0 aliphatic rings. The van der Waals surface area contributed by atoms with Crippen LogP contribution in [0.2, 0.25) is 0 Å². The summed E-state index contributed by atoms with van der Waals surface area (Å²) < 4.78 is 23.4. The Kier molecular flexibility index (Phi) is 7.42. The Bertz CT molecular complexity index is 1160. The maximum Gasteiger partial charge on any atom is 0.206 e. The van der Waals surface area contributed by atoms with E-state index in [1.165, 1.54) is 18.4 Å². The number of nitrogens with zero attached hydrogens (tertiary/aromatic N) is 3. The van der Waals surface area contributed by atoms with Crippen LogP contribution in [0, 0.1) is 0 Å². The molecule has 32 heavy (non-hydrogen) atoms. The smallest absolute Gasteiger partial charge is 0.206 e. The lowest BCUT2D eigenvalue weighted by Crippen LogP contribution is -2.14. The standard InChI is InChI=1S/C23H27N3O5S/c1-14(2)25-23-26(24-12-15-7-8-18(27)19(9-15)28-3)17(13-32-23)16-10-20(29-4)22(31-6)21(11-16)30-5/h7-14,27H,1-6H3. The zero-order valence-electron chi connectivity index (χ0n) is 18.9. The Morgan fingerprint density at radius 2 is 1.59 bits per heavy atom. The zero-order valence-corrected chi connectivity index (χ0v) is 19.8. The maximum absolute atomic E-state index is 9.84. The summed E-state index contributed by atoms with van der Waals surface area (Å²) in [5.41, 5.74) is 2.42. The fourth-order valence-electron chi connectivity index (χ4n) is 3.05. The summed E-state index contributed by atoms with van der Waals surface area (Å²) in [5.74, 6) is 2.07. The number of aromatic hydroxyl groups is 1. The Hall–Kier alpha value is -3.46. The second kappa shape index (κ2) is 10.2. The first kappa shape index (κ1) is 23.2. The number of rotatable bonds is 8. The van der Waals surface area contributed by atoms with E-state index < -0.39 is 0 Å². The molecule has 0 amide bonds. The van der Waals surface area contributed by atoms with Crippen molar-refractivity contribution < 1.29 is 24.1 Å². The Morgan fingerprint density at radius 3 is 2.16 bits per heavy atom. The SMILES string of the molecule is COc1cc(C=Nn2c(-c3cc(OC)c(OC)c(OC)c3)csc2=NC(C)C)ccc1O. The van der Waals surface area contributed by atoms with Gasteiger partial charge in [-0.1, -0.05) is 0 Å². The van der Waals surface area contributed by atoms with Gasteiger partial charge in [-0.3, -0.25) is 4.99 Å². The third-order valence-corrected chi connectivity index (χ3v) is 5.37. The molecule has 2 aromatic carbocycles. The predicted octanol–water partition coefficient (Wildman–Crippen LogP) is 4.15. The van der Waals surface area contributed by atoms with E-state index in [-0.39, 0.29) is 11.8 Å². The van der Waals surface area contributed by atoms with Gasteiger partial charge in [0.2, 0.25) is 10.6 Å². The highest BCUT2D eigenvalue weighted by molar-refractivity contribution is 7.07. The molecular weight excluding hydrogens is 430 g/mol. The molecule has 0 bridgehead atoms. The maximum atomic E-state index is 9.84. The molecule has 1 aromatic heterocycles. The van der Waals surface area contributed by atoms with Gasteiger partial charge >= 0.3 is 0 Å². The number of hydrogen-bond acceptors (Lipinski definition) is 8. The van der Waals surface area contributed by atoms with Crippen LogP contribution in [0.25, 0.3) is 11.3 Å². The van der Waals surface area contributed by atoms with Crippen LogP contribution >= 0.6 is 11.3 Å². The minimum absolute atomic E-state index is 0.0708. The first-order chi connectivity index (χ1) is 15.4. The molecule has 0 radical (unpaired) electrons. The van der Waals surface area contributed by atoms with Crippen molar-refractivity contribution in [2.45, 2.75) is 19.9 Å². The lowest BCUT2D eigenvalue weighted by molar-refractivity contribution is 0.324. The summed E-state index contributed by atoms with van der Waals surface area (Å²) in [4.78, 5) is 5.44. The Balaban J connectivity index is 2.16. The van der Waals surface area contributed by atoms with Gasteiger partial charge in [-0.05, 0) is 49.7 Å². The normalized spacial score (nSPS) is 11.9. The average Bonchev–Trinajstić information content (AvgIpc) is 3.18. The third-order valence-electron chi connectivity index (χ3n) is 4.54. The summed E-state index contributed by atoms with van der Waals surface area (Å²) in [6.45, 7) is 4.02. The van der Waals surface area contributed by atoms with Crippen molar-refractivity contribution in [3.8, 4) is 40.0 Å². The van der Waals surface area contributed by atoms with Gasteiger partial charge in [-0.15, -0.1) is 11.3 Å². The molecule has 0 aliphatic carbocycles. The van der Waals surface area contributed by atoms with Crippen molar-refractivity contribution in [2.75, 3.05) is 28.4 Å². The van der Waals surface area contributed by atoms with E-state index >= 15 is 0 Å². The van der Waals surface area contributed by atoms with E-state index in [9.17, 15) is 5.11 Å². The molecule has 1 heterocycles. The first-order valence-electron chi connectivity index (χ1n) is 9.87. The Morgan fingerprint density at radius 1 is 0.938 bits per heavy atom. The van der Waals surface area contributed by atoms with Crippen LogP contribution < -0.4 is 23.7 Å². The van der Waals surface area contributed by atoms with Crippen LogP contribution in [0.5, 0.6) is 28.7 Å². The van der Waals surface area contributed by atoms with Crippen molar-refractivity contribution in [1.82, 2.24) is 4.68 Å². The van der Waals surface area contributed by atoms with Crippen LogP contribution in [0.1, 0.15) is 19.4 Å². The quantitative estimate of drug-likeness (QED) is 0.514. The number of phenolic OH excluding ortho intramolecular Hbond substituents is 1. The molecule has 0 atom stereocenters. The van der Waals surface area contributed by atoms with Gasteiger partial charge in [0.15, 0.2) is 23.0 Å². The zero-order chi connectivity index (χ0) is 23.3. The molecule has 9 heteroatoms. The number of thiazole rings is 1. The van der Waals surface area contributed by atoms with Crippen LogP contribution in [-0.4, -0.2) is 50.5 Å². The second-order valence-corrected chi connectivity index (χ2v) is 7.86.